The number of likely N-dealkylation sites (tertiary alicyclic amines) is 1. The van der Waals surface area contributed by atoms with Gasteiger partial charge in [0.1, 0.15) is 0 Å². The Morgan fingerprint density at radius 3 is 2.94 bits per heavy atom. The lowest BCUT2D eigenvalue weighted by Gasteiger charge is -2.36. The molecular weight excluding hydrogens is 244 g/mol. The van der Waals surface area contributed by atoms with E-state index in [9.17, 15) is 0 Å². The highest BCUT2D eigenvalue weighted by molar-refractivity contribution is 6.30. The van der Waals surface area contributed by atoms with Crippen molar-refractivity contribution in [3.8, 4) is 0 Å². The van der Waals surface area contributed by atoms with Crippen molar-refractivity contribution in [3.63, 3.8) is 0 Å². The highest BCUT2D eigenvalue weighted by Gasteiger charge is 2.24. The summed E-state index contributed by atoms with van der Waals surface area (Å²) < 4.78 is 0. The highest BCUT2D eigenvalue weighted by atomic mass is 35.5. The van der Waals surface area contributed by atoms with Gasteiger partial charge in [-0.1, -0.05) is 37.6 Å². The number of piperidine rings is 1. The van der Waals surface area contributed by atoms with Crippen molar-refractivity contribution in [3.05, 3.63) is 34.9 Å². The van der Waals surface area contributed by atoms with Crippen LogP contribution in [0.2, 0.25) is 5.02 Å². The van der Waals surface area contributed by atoms with Gasteiger partial charge in [0.2, 0.25) is 0 Å². The van der Waals surface area contributed by atoms with E-state index in [1.807, 2.05) is 12.1 Å². The van der Waals surface area contributed by atoms with Crippen LogP contribution in [0.1, 0.15) is 31.7 Å². The van der Waals surface area contributed by atoms with Crippen LogP contribution in [0.5, 0.6) is 0 Å². The van der Waals surface area contributed by atoms with E-state index in [1.54, 1.807) is 0 Å². The lowest BCUT2D eigenvalue weighted by molar-refractivity contribution is 0.158. The average molecular weight is 267 g/mol. The van der Waals surface area contributed by atoms with Crippen molar-refractivity contribution < 1.29 is 0 Å². The SMILES string of the molecule is CC(CN1CCC(N)C(C)C1)c1cccc(Cl)c1. The van der Waals surface area contributed by atoms with Gasteiger partial charge in [-0.2, -0.15) is 0 Å². The molecule has 0 spiro atoms. The smallest absolute Gasteiger partial charge is 0.0408 e. The summed E-state index contributed by atoms with van der Waals surface area (Å²) in [5.74, 6) is 1.12. The molecule has 2 N–H and O–H groups in total. The second kappa shape index (κ2) is 6.05. The molecule has 1 fully saturated rings. The number of rotatable bonds is 3. The Kier molecular flexibility index (Phi) is 4.66. The van der Waals surface area contributed by atoms with E-state index in [0.717, 1.165) is 31.1 Å². The van der Waals surface area contributed by atoms with E-state index >= 15 is 0 Å². The normalized spacial score (nSPS) is 27.1. The summed E-state index contributed by atoms with van der Waals surface area (Å²) in [6.45, 7) is 7.85. The highest BCUT2D eigenvalue weighted by Crippen LogP contribution is 2.23. The Labute approximate surface area is 115 Å². The number of halogens is 1. The van der Waals surface area contributed by atoms with Gasteiger partial charge in [-0.3, -0.25) is 0 Å². The predicted molar refractivity (Wildman–Crippen MR) is 78.1 cm³/mol. The van der Waals surface area contributed by atoms with Crippen molar-refractivity contribution in [1.29, 1.82) is 0 Å². The third-order valence-corrected chi connectivity index (χ3v) is 4.24. The largest absolute Gasteiger partial charge is 0.327 e. The molecule has 1 aromatic rings. The first-order valence-electron chi connectivity index (χ1n) is 6.79. The molecule has 2 nitrogen and oxygen atoms in total. The number of hydrogen-bond acceptors (Lipinski definition) is 2. The molecule has 0 bridgehead atoms. The zero-order chi connectivity index (χ0) is 13.1. The topological polar surface area (TPSA) is 29.3 Å². The van der Waals surface area contributed by atoms with E-state index in [0.29, 0.717) is 17.9 Å². The maximum atomic E-state index is 6.06. The Hall–Kier alpha value is -0.570. The van der Waals surface area contributed by atoms with Crippen LogP contribution >= 0.6 is 11.6 Å². The van der Waals surface area contributed by atoms with Crippen LogP contribution in [0.15, 0.2) is 24.3 Å². The van der Waals surface area contributed by atoms with Crippen molar-refractivity contribution in [2.75, 3.05) is 19.6 Å². The van der Waals surface area contributed by atoms with E-state index in [4.69, 9.17) is 17.3 Å². The molecule has 3 heteroatoms. The summed E-state index contributed by atoms with van der Waals surface area (Å²) in [4.78, 5) is 2.53. The van der Waals surface area contributed by atoms with E-state index in [-0.39, 0.29) is 0 Å². The summed E-state index contributed by atoms with van der Waals surface area (Å²) in [5.41, 5.74) is 7.38. The minimum absolute atomic E-state index is 0.378. The van der Waals surface area contributed by atoms with Crippen molar-refractivity contribution in [2.45, 2.75) is 32.2 Å². The lowest BCUT2D eigenvalue weighted by Crippen LogP contribution is -2.46. The molecule has 100 valence electrons. The lowest BCUT2D eigenvalue weighted by atomic mass is 9.93. The number of nitrogens with two attached hydrogens (primary N) is 1. The molecule has 1 heterocycles. The maximum absolute atomic E-state index is 6.06. The molecular formula is C15H23ClN2. The van der Waals surface area contributed by atoms with Crippen molar-refractivity contribution >= 4 is 11.6 Å². The van der Waals surface area contributed by atoms with Crippen molar-refractivity contribution in [1.82, 2.24) is 4.90 Å². The van der Waals surface area contributed by atoms with E-state index < -0.39 is 0 Å². The Morgan fingerprint density at radius 1 is 1.50 bits per heavy atom. The fourth-order valence-electron chi connectivity index (χ4n) is 2.72. The first-order chi connectivity index (χ1) is 8.56. The molecule has 0 radical (unpaired) electrons. The maximum Gasteiger partial charge on any atom is 0.0408 e. The van der Waals surface area contributed by atoms with E-state index in [2.05, 4.69) is 30.9 Å². The minimum Gasteiger partial charge on any atom is -0.327 e. The van der Waals surface area contributed by atoms with Gasteiger partial charge in [0.15, 0.2) is 0 Å². The van der Waals surface area contributed by atoms with Crippen molar-refractivity contribution in [2.24, 2.45) is 11.7 Å². The molecule has 18 heavy (non-hydrogen) atoms. The Balaban J connectivity index is 1.93. The second-order valence-corrected chi connectivity index (χ2v) is 6.08. The average Bonchev–Trinajstić information content (AvgIpc) is 2.34. The molecule has 0 aliphatic carbocycles. The van der Waals surface area contributed by atoms with Gasteiger partial charge in [0.05, 0.1) is 0 Å². The summed E-state index contributed by atoms with van der Waals surface area (Å²) >= 11 is 6.04. The molecule has 1 aliphatic heterocycles. The third-order valence-electron chi connectivity index (χ3n) is 4.01. The molecule has 1 saturated heterocycles. The predicted octanol–water partition coefficient (Wildman–Crippen LogP) is 3.11. The summed E-state index contributed by atoms with van der Waals surface area (Å²) in [7, 11) is 0. The van der Waals surface area contributed by atoms with Crippen LogP contribution in [0.25, 0.3) is 0 Å². The summed E-state index contributed by atoms with van der Waals surface area (Å²) in [6, 6.07) is 8.58. The Morgan fingerprint density at radius 2 is 2.28 bits per heavy atom. The summed E-state index contributed by atoms with van der Waals surface area (Å²) in [5, 5.41) is 0.827. The van der Waals surface area contributed by atoms with E-state index in [1.165, 1.54) is 5.56 Å². The molecule has 2 rings (SSSR count). The molecule has 0 amide bonds. The quantitative estimate of drug-likeness (QED) is 0.911. The molecule has 1 aliphatic rings. The fraction of sp³-hybridized carbons (Fsp3) is 0.600. The summed E-state index contributed by atoms with van der Waals surface area (Å²) in [6.07, 6.45) is 1.11. The third kappa shape index (κ3) is 3.47. The number of benzene rings is 1. The number of nitrogens with zero attached hydrogens (tertiary/aromatic N) is 1. The van der Waals surface area contributed by atoms with Crippen LogP contribution in [0.4, 0.5) is 0 Å². The first-order valence-corrected chi connectivity index (χ1v) is 7.17. The van der Waals surface area contributed by atoms with Crippen LogP contribution in [0.3, 0.4) is 0 Å². The first kappa shape index (κ1) is 13.9. The van der Waals surface area contributed by atoms with Gasteiger partial charge in [0, 0.05) is 24.2 Å². The molecule has 0 saturated carbocycles. The van der Waals surface area contributed by atoms with Gasteiger partial charge in [-0.25, -0.2) is 0 Å². The second-order valence-electron chi connectivity index (χ2n) is 5.65. The zero-order valence-electron chi connectivity index (χ0n) is 11.3. The molecule has 3 atom stereocenters. The van der Waals surface area contributed by atoms with Crippen LogP contribution in [0, 0.1) is 5.92 Å². The van der Waals surface area contributed by atoms with Gasteiger partial charge in [-0.05, 0) is 42.5 Å². The Bertz CT molecular complexity index is 394. The van der Waals surface area contributed by atoms with Gasteiger partial charge >= 0.3 is 0 Å². The minimum atomic E-state index is 0.378. The number of hydrogen-bond donors (Lipinski definition) is 1. The zero-order valence-corrected chi connectivity index (χ0v) is 12.0. The fourth-order valence-corrected chi connectivity index (χ4v) is 2.92. The van der Waals surface area contributed by atoms with Crippen LogP contribution < -0.4 is 5.73 Å². The van der Waals surface area contributed by atoms with Gasteiger partial charge in [0.25, 0.3) is 0 Å². The van der Waals surface area contributed by atoms with Crippen LogP contribution in [-0.2, 0) is 0 Å². The van der Waals surface area contributed by atoms with Crippen LogP contribution in [-0.4, -0.2) is 30.6 Å². The van der Waals surface area contributed by atoms with Gasteiger partial charge in [-0.15, -0.1) is 0 Å². The monoisotopic (exact) mass is 266 g/mol. The standard InChI is InChI=1S/C15H23ClN2/c1-11(13-4-3-5-14(16)8-13)9-18-7-6-15(17)12(2)10-18/h3-5,8,11-12,15H,6-7,9-10,17H2,1-2H3. The molecule has 1 aromatic carbocycles. The molecule has 3 unspecified atom stereocenters. The molecule has 0 aromatic heterocycles. The van der Waals surface area contributed by atoms with Gasteiger partial charge < -0.3 is 10.6 Å².